The fourth-order valence-corrected chi connectivity index (χ4v) is 3.62. The number of methoxy groups -OCH3 is 1. The minimum Gasteiger partial charge on any atom is -0.495 e. The summed E-state index contributed by atoms with van der Waals surface area (Å²) in [6.45, 7) is 2.18. The lowest BCUT2D eigenvalue weighted by molar-refractivity contribution is 0.0696. The molecule has 25 heavy (non-hydrogen) atoms. The van der Waals surface area contributed by atoms with Crippen LogP contribution in [0, 0.1) is 6.92 Å². The van der Waals surface area contributed by atoms with Crippen molar-refractivity contribution in [2.24, 2.45) is 0 Å². The summed E-state index contributed by atoms with van der Waals surface area (Å²) in [5, 5.41) is 9.25. The van der Waals surface area contributed by atoms with Gasteiger partial charge >= 0.3 is 5.97 Å². The lowest BCUT2D eigenvalue weighted by Crippen LogP contribution is -2.19. The Bertz CT molecular complexity index is 906. The molecule has 2 rings (SSSR count). The maximum absolute atomic E-state index is 11.9. The minimum absolute atomic E-state index is 0.136. The van der Waals surface area contributed by atoms with Gasteiger partial charge in [0.2, 0.25) is 0 Å². The number of nitrogens with zero attached hydrogens (tertiary/aromatic N) is 1. The van der Waals surface area contributed by atoms with Crippen molar-refractivity contribution in [1.29, 1.82) is 0 Å². The van der Waals surface area contributed by atoms with E-state index in [1.807, 2.05) is 18.0 Å². The first-order chi connectivity index (χ1) is 11.6. The van der Waals surface area contributed by atoms with Crippen molar-refractivity contribution in [3.05, 3.63) is 53.1 Å². The van der Waals surface area contributed by atoms with E-state index >= 15 is 0 Å². The van der Waals surface area contributed by atoms with Crippen LogP contribution in [-0.4, -0.2) is 39.9 Å². The van der Waals surface area contributed by atoms with Crippen LogP contribution >= 0.6 is 0 Å². The zero-order valence-corrected chi connectivity index (χ0v) is 15.4. The lowest BCUT2D eigenvalue weighted by Gasteiger charge is -2.23. The number of hydrogen-bond acceptors (Lipinski definition) is 5. The van der Waals surface area contributed by atoms with Crippen molar-refractivity contribution < 1.29 is 23.1 Å². The molecule has 2 aromatic carbocycles. The summed E-state index contributed by atoms with van der Waals surface area (Å²) in [5.41, 5.74) is 2.46. The summed E-state index contributed by atoms with van der Waals surface area (Å²) in [7, 11) is -0.157. The molecule has 0 aliphatic rings. The molecule has 0 aromatic heterocycles. The van der Waals surface area contributed by atoms with Crippen LogP contribution in [0.3, 0.4) is 0 Å². The van der Waals surface area contributed by atoms with Gasteiger partial charge in [-0.25, -0.2) is 13.2 Å². The van der Waals surface area contributed by atoms with Gasteiger partial charge in [0, 0.05) is 25.5 Å². The Morgan fingerprint density at radius 1 is 1.24 bits per heavy atom. The van der Waals surface area contributed by atoms with Crippen molar-refractivity contribution in [2.45, 2.75) is 18.4 Å². The largest absolute Gasteiger partial charge is 0.495 e. The second-order valence-corrected chi connectivity index (χ2v) is 7.85. The normalized spacial score (nSPS) is 11.2. The highest BCUT2D eigenvalue weighted by Crippen LogP contribution is 2.27. The fraction of sp³-hybridized carbons (Fsp3) is 0.278. The molecule has 0 fully saturated rings. The van der Waals surface area contributed by atoms with Crippen LogP contribution < -0.4 is 9.64 Å². The Kier molecular flexibility index (Phi) is 5.37. The van der Waals surface area contributed by atoms with Crippen molar-refractivity contribution in [2.75, 3.05) is 25.3 Å². The van der Waals surface area contributed by atoms with Crippen LogP contribution in [0.15, 0.2) is 41.3 Å². The van der Waals surface area contributed by atoms with Crippen LogP contribution in [0.25, 0.3) is 0 Å². The first-order valence-electron chi connectivity index (χ1n) is 7.56. The maximum atomic E-state index is 11.9. The van der Waals surface area contributed by atoms with E-state index in [4.69, 9.17) is 4.74 Å². The Balaban J connectivity index is 2.38. The topological polar surface area (TPSA) is 83.9 Å². The molecule has 0 aliphatic heterocycles. The molecular formula is C18H21NO5S. The Morgan fingerprint density at radius 3 is 2.48 bits per heavy atom. The van der Waals surface area contributed by atoms with Gasteiger partial charge < -0.3 is 14.7 Å². The summed E-state index contributed by atoms with van der Waals surface area (Å²) >= 11 is 0. The third-order valence-electron chi connectivity index (χ3n) is 3.99. The van der Waals surface area contributed by atoms with Gasteiger partial charge in [-0.3, -0.25) is 0 Å². The van der Waals surface area contributed by atoms with Crippen LogP contribution in [-0.2, 0) is 16.4 Å². The highest BCUT2D eigenvalue weighted by molar-refractivity contribution is 7.90. The monoisotopic (exact) mass is 363 g/mol. The van der Waals surface area contributed by atoms with E-state index in [9.17, 15) is 18.3 Å². The Hall–Kier alpha value is -2.54. The highest BCUT2D eigenvalue weighted by Gasteiger charge is 2.17. The van der Waals surface area contributed by atoms with Gasteiger partial charge in [-0.05, 0) is 42.3 Å². The van der Waals surface area contributed by atoms with Gasteiger partial charge in [0.1, 0.15) is 10.6 Å². The molecule has 0 radical (unpaired) electrons. The highest BCUT2D eigenvalue weighted by atomic mass is 32.2. The molecule has 7 heteroatoms. The van der Waals surface area contributed by atoms with Crippen molar-refractivity contribution in [3.63, 3.8) is 0 Å². The number of rotatable bonds is 6. The second kappa shape index (κ2) is 7.14. The third kappa shape index (κ3) is 4.11. The number of sulfone groups is 1. The molecular weight excluding hydrogens is 342 g/mol. The number of anilines is 1. The summed E-state index contributed by atoms with van der Waals surface area (Å²) in [4.78, 5) is 13.3. The quantitative estimate of drug-likeness (QED) is 0.850. The number of ether oxygens (including phenoxy) is 1. The number of carboxylic acid groups (broad SMARTS) is 1. The smallest absolute Gasteiger partial charge is 0.336 e. The molecule has 0 aliphatic carbocycles. The average Bonchev–Trinajstić information content (AvgIpc) is 2.53. The first-order valence-corrected chi connectivity index (χ1v) is 9.45. The van der Waals surface area contributed by atoms with Gasteiger partial charge in [0.15, 0.2) is 9.84 Å². The van der Waals surface area contributed by atoms with E-state index in [0.717, 1.165) is 17.5 Å². The van der Waals surface area contributed by atoms with Gasteiger partial charge in [-0.1, -0.05) is 12.1 Å². The molecule has 1 N–H and O–H groups in total. The lowest BCUT2D eigenvalue weighted by atomic mass is 10.1. The minimum atomic E-state index is -3.42. The van der Waals surface area contributed by atoms with E-state index in [-0.39, 0.29) is 10.5 Å². The average molecular weight is 363 g/mol. The van der Waals surface area contributed by atoms with Crippen molar-refractivity contribution in [3.8, 4) is 5.75 Å². The number of aromatic carboxylic acids is 1. The van der Waals surface area contributed by atoms with Crippen LogP contribution in [0.4, 0.5) is 5.69 Å². The zero-order valence-electron chi connectivity index (χ0n) is 14.6. The van der Waals surface area contributed by atoms with E-state index in [0.29, 0.717) is 17.9 Å². The molecule has 6 nitrogen and oxygen atoms in total. The van der Waals surface area contributed by atoms with Crippen LogP contribution in [0.5, 0.6) is 5.75 Å². The van der Waals surface area contributed by atoms with Crippen molar-refractivity contribution in [1.82, 2.24) is 0 Å². The molecule has 2 aromatic rings. The standard InChI is InChI=1S/C18H21NO5S/c1-12-14(18(20)21)6-5-7-15(12)19(2)11-13-8-9-16(24-3)17(10-13)25(4,22)23/h5-10H,11H2,1-4H3,(H,20,21). The third-order valence-corrected chi connectivity index (χ3v) is 5.11. The summed E-state index contributed by atoms with van der Waals surface area (Å²) in [6, 6.07) is 10.1. The SMILES string of the molecule is COc1ccc(CN(C)c2cccc(C(=O)O)c2C)cc1S(C)(=O)=O. The Labute approximate surface area is 147 Å². The molecule has 0 amide bonds. The summed E-state index contributed by atoms with van der Waals surface area (Å²) in [5.74, 6) is -0.672. The molecule has 0 saturated heterocycles. The molecule has 0 heterocycles. The molecule has 0 bridgehead atoms. The zero-order chi connectivity index (χ0) is 18.8. The number of carboxylic acids is 1. The second-order valence-electron chi connectivity index (χ2n) is 5.87. The van der Waals surface area contributed by atoms with E-state index in [1.54, 1.807) is 37.3 Å². The van der Waals surface area contributed by atoms with Gasteiger partial charge in [-0.15, -0.1) is 0 Å². The number of benzene rings is 2. The summed E-state index contributed by atoms with van der Waals surface area (Å²) < 4.78 is 29.0. The van der Waals surface area contributed by atoms with Gasteiger partial charge in [0.25, 0.3) is 0 Å². The van der Waals surface area contributed by atoms with Crippen molar-refractivity contribution >= 4 is 21.5 Å². The van der Waals surface area contributed by atoms with E-state index in [2.05, 4.69) is 0 Å². The van der Waals surface area contributed by atoms with E-state index in [1.165, 1.54) is 7.11 Å². The Morgan fingerprint density at radius 2 is 1.92 bits per heavy atom. The fourth-order valence-electron chi connectivity index (χ4n) is 2.74. The van der Waals surface area contributed by atoms with E-state index < -0.39 is 15.8 Å². The molecule has 134 valence electrons. The van der Waals surface area contributed by atoms with Gasteiger partial charge in [-0.2, -0.15) is 0 Å². The molecule has 0 atom stereocenters. The summed E-state index contributed by atoms with van der Waals surface area (Å²) in [6.07, 6.45) is 1.14. The number of hydrogen-bond donors (Lipinski definition) is 1. The van der Waals surface area contributed by atoms with Crippen LogP contribution in [0.2, 0.25) is 0 Å². The molecule has 0 saturated carbocycles. The van der Waals surface area contributed by atoms with Gasteiger partial charge in [0.05, 0.1) is 12.7 Å². The predicted molar refractivity (Wildman–Crippen MR) is 96.3 cm³/mol. The first kappa shape index (κ1) is 18.8. The maximum Gasteiger partial charge on any atom is 0.336 e. The molecule has 0 unspecified atom stereocenters. The van der Waals surface area contributed by atoms with Crippen LogP contribution in [0.1, 0.15) is 21.5 Å². The molecule has 0 spiro atoms. The number of carbonyl (C=O) groups is 1. The predicted octanol–water partition coefficient (Wildman–Crippen LogP) is 2.74.